The maximum atomic E-state index is 11.5. The minimum atomic E-state index is -1.10. The van der Waals surface area contributed by atoms with E-state index >= 15 is 0 Å². The molecule has 260 valence electrons. The normalized spacial score (nSPS) is 11.8. The Hall–Kier alpha value is -6.71. The molecule has 7 N–H and O–H groups in total. The second kappa shape index (κ2) is 13.2. The van der Waals surface area contributed by atoms with Gasteiger partial charge in [-0.15, -0.1) is 0 Å². The van der Waals surface area contributed by atoms with Crippen LogP contribution in [-0.2, 0) is 0 Å². The number of nitrogens with two attached hydrogens (primary N) is 1. The Kier molecular flexibility index (Phi) is 8.57. The summed E-state index contributed by atoms with van der Waals surface area (Å²) in [6, 6.07) is 34.2. The molecule has 0 aliphatic carbocycles. The summed E-state index contributed by atoms with van der Waals surface area (Å²) in [5.74, 6) is -4.54. The summed E-state index contributed by atoms with van der Waals surface area (Å²) in [7, 11) is 1.50. The number of aromatic hydroxyl groups is 5. The molecular formula is C43H37N3O6. The van der Waals surface area contributed by atoms with Gasteiger partial charge >= 0.3 is 0 Å². The van der Waals surface area contributed by atoms with E-state index in [9.17, 15) is 25.5 Å². The lowest BCUT2D eigenvalue weighted by molar-refractivity contribution is 0.321. The smallest absolute Gasteiger partial charge is 0.208 e. The van der Waals surface area contributed by atoms with Crippen LogP contribution >= 0.6 is 0 Å². The standard InChI is InChI=1S/C40H26N2O6.C2H6.CH5N/c1-41-33-22-9-3-2-8-20(22)14-17-26(33)34(32-35(43)37(45)39(47)38(46)36(32)44)42-29-12-6-4-10-23(29)28-18-21-15-16-25-24-11-5-7-13-31(24)48-40(25)27(21)19-30(28)42;2*1-2/h2-19,34,43-47H,1H2;1-2H3;2H2,1H3. The predicted molar refractivity (Wildman–Crippen MR) is 211 cm³/mol. The van der Waals surface area contributed by atoms with Crippen molar-refractivity contribution >= 4 is 77.7 Å². The van der Waals surface area contributed by atoms with E-state index in [2.05, 4.69) is 35.6 Å². The average Bonchev–Trinajstić information content (AvgIpc) is 3.74. The number of benzene rings is 7. The second-order valence-corrected chi connectivity index (χ2v) is 12.0. The number of hydrogen-bond acceptors (Lipinski definition) is 8. The first kappa shape index (κ1) is 33.8. The topological polar surface area (TPSA) is 158 Å². The molecule has 0 aliphatic heterocycles. The molecule has 9 rings (SSSR count). The van der Waals surface area contributed by atoms with Crippen LogP contribution in [0.2, 0.25) is 0 Å². The maximum absolute atomic E-state index is 11.5. The third-order valence-corrected chi connectivity index (χ3v) is 9.51. The van der Waals surface area contributed by atoms with Crippen LogP contribution in [-0.4, -0.2) is 43.9 Å². The Morgan fingerprint density at radius 2 is 1.17 bits per heavy atom. The van der Waals surface area contributed by atoms with Crippen LogP contribution in [0.1, 0.15) is 31.0 Å². The van der Waals surface area contributed by atoms with E-state index in [0.29, 0.717) is 16.8 Å². The van der Waals surface area contributed by atoms with E-state index in [1.54, 1.807) is 0 Å². The summed E-state index contributed by atoms with van der Waals surface area (Å²) in [5, 5.41) is 62.2. The number of hydrogen-bond donors (Lipinski definition) is 6. The quantitative estimate of drug-likeness (QED) is 0.0609. The van der Waals surface area contributed by atoms with Gasteiger partial charge in [-0.2, -0.15) is 0 Å². The average molecular weight is 692 g/mol. The van der Waals surface area contributed by atoms with Crippen LogP contribution in [0, 0.1) is 0 Å². The molecule has 0 spiro atoms. The molecule has 2 aromatic heterocycles. The van der Waals surface area contributed by atoms with Crippen LogP contribution in [0.25, 0.3) is 65.3 Å². The van der Waals surface area contributed by atoms with Gasteiger partial charge in [0.2, 0.25) is 17.2 Å². The number of aromatic nitrogens is 1. The Morgan fingerprint density at radius 1 is 0.577 bits per heavy atom. The third kappa shape index (κ3) is 4.85. The van der Waals surface area contributed by atoms with E-state index in [1.165, 1.54) is 7.05 Å². The molecule has 7 aromatic carbocycles. The van der Waals surface area contributed by atoms with Crippen LogP contribution in [0.4, 0.5) is 5.69 Å². The number of phenolic OH excluding ortho intramolecular Hbond substituents is 5. The van der Waals surface area contributed by atoms with Crippen molar-refractivity contribution in [1.29, 1.82) is 0 Å². The van der Waals surface area contributed by atoms with Crippen molar-refractivity contribution in [2.45, 2.75) is 19.9 Å². The zero-order valence-electron chi connectivity index (χ0n) is 28.8. The van der Waals surface area contributed by atoms with Gasteiger partial charge < -0.3 is 40.3 Å². The van der Waals surface area contributed by atoms with E-state index in [-0.39, 0.29) is 5.56 Å². The second-order valence-electron chi connectivity index (χ2n) is 12.0. The molecule has 0 radical (unpaired) electrons. The highest BCUT2D eigenvalue weighted by molar-refractivity contribution is 6.20. The fourth-order valence-corrected chi connectivity index (χ4v) is 7.33. The van der Waals surface area contributed by atoms with Crippen LogP contribution < -0.4 is 5.73 Å². The molecule has 0 aliphatic rings. The number of rotatable bonds is 4. The summed E-state index contributed by atoms with van der Waals surface area (Å²) >= 11 is 0. The number of aliphatic imine (C=N–C) groups is 1. The fourth-order valence-electron chi connectivity index (χ4n) is 7.33. The summed E-state index contributed by atoms with van der Waals surface area (Å²) in [6.45, 7) is 7.88. The molecule has 1 atom stereocenters. The minimum Gasteiger partial charge on any atom is -0.504 e. The summed E-state index contributed by atoms with van der Waals surface area (Å²) in [4.78, 5) is 4.44. The zero-order valence-corrected chi connectivity index (χ0v) is 28.8. The van der Waals surface area contributed by atoms with E-state index in [1.807, 2.05) is 109 Å². The molecule has 9 heteroatoms. The highest BCUT2D eigenvalue weighted by atomic mass is 16.4. The van der Waals surface area contributed by atoms with Gasteiger partial charge in [0.05, 0.1) is 22.8 Å². The molecule has 0 fully saturated rings. The number of nitrogens with zero attached hydrogens (tertiary/aromatic N) is 2. The Labute approximate surface area is 298 Å². The predicted octanol–water partition coefficient (Wildman–Crippen LogP) is 10.1. The third-order valence-electron chi connectivity index (χ3n) is 9.51. The summed E-state index contributed by atoms with van der Waals surface area (Å²) in [5.41, 5.74) is 8.21. The van der Waals surface area contributed by atoms with Gasteiger partial charge in [-0.05, 0) is 54.9 Å². The van der Waals surface area contributed by atoms with Crippen molar-refractivity contribution in [1.82, 2.24) is 4.57 Å². The highest BCUT2D eigenvalue weighted by Crippen LogP contribution is 2.56. The van der Waals surface area contributed by atoms with Crippen LogP contribution in [0.15, 0.2) is 119 Å². The molecular weight excluding hydrogens is 654 g/mol. The first-order valence-corrected chi connectivity index (χ1v) is 16.9. The van der Waals surface area contributed by atoms with Crippen molar-refractivity contribution in [2.24, 2.45) is 10.7 Å². The van der Waals surface area contributed by atoms with Crippen molar-refractivity contribution in [3.63, 3.8) is 0 Å². The molecule has 0 saturated heterocycles. The monoisotopic (exact) mass is 691 g/mol. The van der Waals surface area contributed by atoms with Crippen molar-refractivity contribution in [3.05, 3.63) is 120 Å². The Balaban J connectivity index is 0.00000102. The van der Waals surface area contributed by atoms with Crippen molar-refractivity contribution in [2.75, 3.05) is 7.05 Å². The van der Waals surface area contributed by atoms with Gasteiger partial charge in [-0.1, -0.05) is 92.7 Å². The number of phenols is 5. The van der Waals surface area contributed by atoms with Gasteiger partial charge in [-0.3, -0.25) is 4.99 Å². The van der Waals surface area contributed by atoms with Gasteiger partial charge in [0.15, 0.2) is 11.5 Å². The summed E-state index contributed by atoms with van der Waals surface area (Å²) < 4.78 is 8.36. The first-order chi connectivity index (χ1) is 25.4. The Morgan fingerprint density at radius 3 is 1.88 bits per heavy atom. The van der Waals surface area contributed by atoms with E-state index < -0.39 is 34.8 Å². The lowest BCUT2D eigenvalue weighted by Crippen LogP contribution is -2.13. The molecule has 9 aromatic rings. The molecule has 0 amide bonds. The molecule has 0 saturated carbocycles. The SMILES string of the molecule is C=Nc1c(C(c2c(O)c(O)c(O)c(O)c2O)n2c3ccccc3c3cc4ccc5c6ccccc6oc5c4cc32)ccc2ccccc12.CC.CN. The minimum absolute atomic E-state index is 0.229. The fraction of sp³-hybridized carbons (Fsp3) is 0.0930. The zero-order chi connectivity index (χ0) is 36.8. The van der Waals surface area contributed by atoms with Crippen LogP contribution in [0.3, 0.4) is 0 Å². The highest BCUT2D eigenvalue weighted by Gasteiger charge is 2.34. The Bertz CT molecular complexity index is 2810. The van der Waals surface area contributed by atoms with E-state index in [0.717, 1.165) is 59.7 Å². The van der Waals surface area contributed by atoms with E-state index in [4.69, 9.17) is 4.42 Å². The lowest BCUT2D eigenvalue weighted by Gasteiger charge is -2.27. The van der Waals surface area contributed by atoms with Gasteiger partial charge in [0.1, 0.15) is 11.2 Å². The van der Waals surface area contributed by atoms with Crippen molar-refractivity contribution < 1.29 is 29.9 Å². The lowest BCUT2D eigenvalue weighted by atomic mass is 9.91. The largest absolute Gasteiger partial charge is 0.504 e. The van der Waals surface area contributed by atoms with Crippen LogP contribution in [0.5, 0.6) is 28.7 Å². The van der Waals surface area contributed by atoms with Gasteiger partial charge in [0, 0.05) is 43.4 Å². The van der Waals surface area contributed by atoms with Crippen molar-refractivity contribution in [3.8, 4) is 28.7 Å². The molecule has 1 unspecified atom stereocenters. The van der Waals surface area contributed by atoms with Gasteiger partial charge in [0.25, 0.3) is 0 Å². The van der Waals surface area contributed by atoms with Gasteiger partial charge in [-0.25, -0.2) is 0 Å². The maximum Gasteiger partial charge on any atom is 0.208 e. The molecule has 0 bridgehead atoms. The molecule has 52 heavy (non-hydrogen) atoms. The first-order valence-electron chi connectivity index (χ1n) is 16.9. The molecule has 9 nitrogen and oxygen atoms in total. The number of furan rings is 1. The number of fused-ring (bicyclic) bond motifs is 9. The number of para-hydroxylation sites is 2. The summed E-state index contributed by atoms with van der Waals surface area (Å²) in [6.07, 6.45) is 0. The molecule has 2 heterocycles.